The van der Waals surface area contributed by atoms with Gasteiger partial charge in [-0.15, -0.1) is 0 Å². The molecule has 0 spiro atoms. The summed E-state index contributed by atoms with van der Waals surface area (Å²) in [5.41, 5.74) is 7.65. The number of carbonyl (C=O) groups is 2. The topological polar surface area (TPSA) is 104 Å². The van der Waals surface area contributed by atoms with Gasteiger partial charge < -0.3 is 25.3 Å². The molecule has 1 aromatic carbocycles. The molecule has 158 valence electrons. The average molecular weight is 409 g/mol. The predicted octanol–water partition coefficient (Wildman–Crippen LogP) is 2.07. The molecular formula is C22H27N5O3. The van der Waals surface area contributed by atoms with Crippen molar-refractivity contribution < 1.29 is 14.0 Å². The van der Waals surface area contributed by atoms with Crippen LogP contribution in [0.25, 0.3) is 0 Å². The Morgan fingerprint density at radius 1 is 1.30 bits per heavy atom. The highest BCUT2D eigenvalue weighted by Crippen LogP contribution is 2.38. The van der Waals surface area contributed by atoms with E-state index in [0.717, 1.165) is 44.1 Å². The number of anilines is 1. The van der Waals surface area contributed by atoms with E-state index in [-0.39, 0.29) is 11.7 Å². The van der Waals surface area contributed by atoms with Crippen LogP contribution in [-0.2, 0) is 11.3 Å². The monoisotopic (exact) mass is 409 g/mol. The zero-order chi connectivity index (χ0) is 21.1. The van der Waals surface area contributed by atoms with E-state index < -0.39 is 5.91 Å². The summed E-state index contributed by atoms with van der Waals surface area (Å²) in [6, 6.07) is 11.6. The fourth-order valence-corrected chi connectivity index (χ4v) is 4.26. The summed E-state index contributed by atoms with van der Waals surface area (Å²) in [6.07, 6.45) is 2.57. The van der Waals surface area contributed by atoms with E-state index in [2.05, 4.69) is 33.4 Å². The Morgan fingerprint density at radius 3 is 2.83 bits per heavy atom. The number of fused-ring (bicyclic) bond motifs is 1. The molecule has 8 heteroatoms. The van der Waals surface area contributed by atoms with Crippen LogP contribution in [0.4, 0.5) is 5.69 Å². The quantitative estimate of drug-likeness (QED) is 0.561. The standard InChI is InChI=1S/C22H27N5O3/c1-24-22(25-13-16-8-9-19(30-16)21(23)29)27-14-15(17-5-2-3-6-18(17)27)10-12-26-11-4-7-20(26)28/h2-3,5-6,8-9,15H,4,7,10-14H2,1H3,(H2,23,29)(H,24,25). The molecule has 8 nitrogen and oxygen atoms in total. The normalized spacial score (nSPS) is 18.8. The number of guanidine groups is 1. The zero-order valence-corrected chi connectivity index (χ0v) is 17.1. The number of hydrogen-bond donors (Lipinski definition) is 2. The lowest BCUT2D eigenvalue weighted by Crippen LogP contribution is -2.40. The van der Waals surface area contributed by atoms with Crippen molar-refractivity contribution in [3.8, 4) is 0 Å². The molecule has 3 N–H and O–H groups in total. The number of para-hydroxylation sites is 1. The van der Waals surface area contributed by atoms with Crippen LogP contribution in [0.2, 0.25) is 0 Å². The maximum Gasteiger partial charge on any atom is 0.284 e. The summed E-state index contributed by atoms with van der Waals surface area (Å²) in [5, 5.41) is 3.31. The lowest BCUT2D eigenvalue weighted by molar-refractivity contribution is -0.127. The number of nitrogens with one attached hydrogen (secondary N) is 1. The molecule has 2 aliphatic heterocycles. The van der Waals surface area contributed by atoms with E-state index in [1.807, 2.05) is 11.0 Å². The van der Waals surface area contributed by atoms with Crippen molar-refractivity contribution in [3.63, 3.8) is 0 Å². The van der Waals surface area contributed by atoms with Gasteiger partial charge in [-0.05, 0) is 36.6 Å². The van der Waals surface area contributed by atoms with Gasteiger partial charge in [0.25, 0.3) is 5.91 Å². The number of amides is 2. The maximum absolute atomic E-state index is 12.0. The van der Waals surface area contributed by atoms with E-state index in [4.69, 9.17) is 10.2 Å². The van der Waals surface area contributed by atoms with Crippen LogP contribution >= 0.6 is 0 Å². The van der Waals surface area contributed by atoms with Gasteiger partial charge in [-0.3, -0.25) is 14.6 Å². The maximum atomic E-state index is 12.0. The Morgan fingerprint density at radius 2 is 2.13 bits per heavy atom. The molecule has 2 aromatic rings. The van der Waals surface area contributed by atoms with Crippen LogP contribution in [0.3, 0.4) is 0 Å². The molecule has 1 aromatic heterocycles. The second-order valence-corrected chi connectivity index (χ2v) is 7.67. The number of benzene rings is 1. The van der Waals surface area contributed by atoms with Crippen LogP contribution in [0.15, 0.2) is 45.8 Å². The number of nitrogens with zero attached hydrogens (tertiary/aromatic N) is 3. The minimum absolute atomic E-state index is 0.143. The number of rotatable bonds is 6. The minimum atomic E-state index is -0.585. The highest BCUT2D eigenvalue weighted by Gasteiger charge is 2.32. The zero-order valence-electron chi connectivity index (χ0n) is 17.1. The van der Waals surface area contributed by atoms with Crippen LogP contribution in [0.1, 0.15) is 47.1 Å². The van der Waals surface area contributed by atoms with E-state index in [1.54, 1.807) is 19.2 Å². The third-order valence-electron chi connectivity index (χ3n) is 5.78. The summed E-state index contributed by atoms with van der Waals surface area (Å²) in [5.74, 6) is 1.51. The van der Waals surface area contributed by atoms with Gasteiger partial charge in [0.1, 0.15) is 5.76 Å². The molecule has 0 radical (unpaired) electrons. The Kier molecular flexibility index (Phi) is 5.74. The molecule has 0 aliphatic carbocycles. The van der Waals surface area contributed by atoms with Crippen molar-refractivity contribution >= 4 is 23.5 Å². The lowest BCUT2D eigenvalue weighted by Gasteiger charge is -2.23. The number of aliphatic imine (C=N–C) groups is 1. The van der Waals surface area contributed by atoms with E-state index in [0.29, 0.717) is 24.6 Å². The van der Waals surface area contributed by atoms with E-state index >= 15 is 0 Å². The molecule has 1 saturated heterocycles. The second kappa shape index (κ2) is 8.61. The van der Waals surface area contributed by atoms with Crippen molar-refractivity contribution in [3.05, 3.63) is 53.5 Å². The third-order valence-corrected chi connectivity index (χ3v) is 5.78. The van der Waals surface area contributed by atoms with Gasteiger partial charge in [-0.25, -0.2) is 0 Å². The Hall–Kier alpha value is -3.29. The number of primary amides is 1. The number of furan rings is 1. The van der Waals surface area contributed by atoms with Crippen molar-refractivity contribution in [2.24, 2.45) is 10.7 Å². The first-order valence-corrected chi connectivity index (χ1v) is 10.3. The first kappa shape index (κ1) is 20.0. The fourth-order valence-electron chi connectivity index (χ4n) is 4.26. The SMILES string of the molecule is CN=C(NCc1ccc(C(N)=O)o1)N1CC(CCN2CCCC2=O)c2ccccc21. The molecule has 4 rings (SSSR count). The van der Waals surface area contributed by atoms with Crippen LogP contribution in [0, 0.1) is 0 Å². The molecule has 2 aliphatic rings. The summed E-state index contributed by atoms with van der Waals surface area (Å²) in [6.45, 7) is 2.86. The van der Waals surface area contributed by atoms with Gasteiger partial charge >= 0.3 is 0 Å². The molecule has 2 amide bonds. The largest absolute Gasteiger partial charge is 0.454 e. The summed E-state index contributed by atoms with van der Waals surface area (Å²) >= 11 is 0. The Labute approximate surface area is 175 Å². The van der Waals surface area contributed by atoms with Gasteiger partial charge in [0, 0.05) is 44.7 Å². The van der Waals surface area contributed by atoms with Gasteiger partial charge in [0.05, 0.1) is 6.54 Å². The summed E-state index contributed by atoms with van der Waals surface area (Å²) < 4.78 is 5.45. The molecule has 1 atom stereocenters. The molecule has 0 saturated carbocycles. The van der Waals surface area contributed by atoms with Crippen LogP contribution in [-0.4, -0.2) is 49.4 Å². The van der Waals surface area contributed by atoms with Crippen molar-refractivity contribution in [2.75, 3.05) is 31.6 Å². The number of carbonyl (C=O) groups excluding carboxylic acids is 2. The highest BCUT2D eigenvalue weighted by atomic mass is 16.3. The van der Waals surface area contributed by atoms with Crippen molar-refractivity contribution in [2.45, 2.75) is 31.7 Å². The van der Waals surface area contributed by atoms with E-state index in [9.17, 15) is 9.59 Å². The lowest BCUT2D eigenvalue weighted by atomic mass is 9.98. The number of likely N-dealkylation sites (tertiary alicyclic amines) is 1. The van der Waals surface area contributed by atoms with Crippen LogP contribution < -0.4 is 16.0 Å². The average Bonchev–Trinajstić information content (AvgIpc) is 3.46. The highest BCUT2D eigenvalue weighted by molar-refractivity contribution is 5.98. The van der Waals surface area contributed by atoms with Gasteiger partial charge in [0.2, 0.25) is 5.91 Å². The second-order valence-electron chi connectivity index (χ2n) is 7.67. The fraction of sp³-hybridized carbons (Fsp3) is 0.409. The molecule has 30 heavy (non-hydrogen) atoms. The number of hydrogen-bond acceptors (Lipinski definition) is 4. The Bertz CT molecular complexity index is 967. The van der Waals surface area contributed by atoms with Gasteiger partial charge in [0.15, 0.2) is 11.7 Å². The van der Waals surface area contributed by atoms with Crippen LogP contribution in [0.5, 0.6) is 0 Å². The molecule has 1 unspecified atom stereocenters. The smallest absolute Gasteiger partial charge is 0.284 e. The first-order valence-electron chi connectivity index (χ1n) is 10.3. The third kappa shape index (κ3) is 4.03. The number of nitrogens with two attached hydrogens (primary N) is 1. The molecule has 3 heterocycles. The van der Waals surface area contributed by atoms with Crippen molar-refractivity contribution in [1.29, 1.82) is 0 Å². The minimum Gasteiger partial charge on any atom is -0.454 e. The van der Waals surface area contributed by atoms with Gasteiger partial charge in [-0.2, -0.15) is 0 Å². The molecule has 0 bridgehead atoms. The first-order chi connectivity index (χ1) is 14.6. The molecular weight excluding hydrogens is 382 g/mol. The molecule has 1 fully saturated rings. The van der Waals surface area contributed by atoms with Crippen molar-refractivity contribution in [1.82, 2.24) is 10.2 Å². The van der Waals surface area contributed by atoms with Gasteiger partial charge in [-0.1, -0.05) is 18.2 Å². The van der Waals surface area contributed by atoms with E-state index in [1.165, 1.54) is 5.56 Å². The predicted molar refractivity (Wildman–Crippen MR) is 114 cm³/mol. The Balaban J connectivity index is 1.44. The summed E-state index contributed by atoms with van der Waals surface area (Å²) in [4.78, 5) is 31.8. The summed E-state index contributed by atoms with van der Waals surface area (Å²) in [7, 11) is 1.75.